The second-order valence-corrected chi connectivity index (χ2v) is 6.53. The summed E-state index contributed by atoms with van der Waals surface area (Å²) < 4.78 is 0. The van der Waals surface area contributed by atoms with Gasteiger partial charge in [0.2, 0.25) is 5.91 Å². The number of fused-ring (bicyclic) bond motifs is 1. The Morgan fingerprint density at radius 1 is 1.15 bits per heavy atom. The van der Waals surface area contributed by atoms with Crippen molar-refractivity contribution in [2.45, 2.75) is 12.8 Å². The van der Waals surface area contributed by atoms with Crippen LogP contribution in [0, 0.1) is 0 Å². The van der Waals surface area contributed by atoms with E-state index in [1.165, 1.54) is 5.56 Å². The maximum absolute atomic E-state index is 12.5. The van der Waals surface area contributed by atoms with Crippen LogP contribution in [-0.2, 0) is 17.6 Å². The number of anilines is 1. The Bertz CT molecular complexity index is 812. The van der Waals surface area contributed by atoms with E-state index in [1.54, 1.807) is 7.05 Å². The molecule has 0 radical (unpaired) electrons. The van der Waals surface area contributed by atoms with E-state index in [9.17, 15) is 4.79 Å². The highest BCUT2D eigenvalue weighted by Gasteiger charge is 2.23. The fraction of sp³-hybridized carbons (Fsp3) is 0.300. The molecule has 3 rings (SSSR count). The molecule has 2 aromatic carbocycles. The quantitative estimate of drug-likeness (QED) is 0.378. The number of benzene rings is 2. The number of halogens is 2. The molecule has 0 atom stereocenters. The molecule has 0 aliphatic carbocycles. The molecular formula is C20H24ClIN4O. The first-order valence-electron chi connectivity index (χ1n) is 8.75. The van der Waals surface area contributed by atoms with Crippen LogP contribution in [0.2, 0.25) is 5.02 Å². The Balaban J connectivity index is 0.00000261. The molecule has 5 nitrogen and oxygen atoms in total. The van der Waals surface area contributed by atoms with E-state index >= 15 is 0 Å². The van der Waals surface area contributed by atoms with Gasteiger partial charge in [-0.25, -0.2) is 0 Å². The van der Waals surface area contributed by atoms with E-state index in [0.717, 1.165) is 35.7 Å². The minimum Gasteiger partial charge on any atom is -0.356 e. The van der Waals surface area contributed by atoms with E-state index in [4.69, 9.17) is 11.6 Å². The van der Waals surface area contributed by atoms with E-state index in [1.807, 2.05) is 47.4 Å². The number of hydrogen-bond acceptors (Lipinski definition) is 2. The molecule has 2 N–H and O–H groups in total. The molecule has 1 aliphatic heterocycles. The second-order valence-electron chi connectivity index (χ2n) is 6.12. The van der Waals surface area contributed by atoms with Crippen molar-refractivity contribution in [2.75, 3.05) is 31.6 Å². The average Bonchev–Trinajstić information content (AvgIpc) is 3.10. The molecule has 27 heavy (non-hydrogen) atoms. The summed E-state index contributed by atoms with van der Waals surface area (Å²) in [4.78, 5) is 18.5. The first-order valence-corrected chi connectivity index (χ1v) is 9.13. The largest absolute Gasteiger partial charge is 0.356 e. The van der Waals surface area contributed by atoms with Crippen LogP contribution in [0.3, 0.4) is 0 Å². The molecule has 0 saturated heterocycles. The summed E-state index contributed by atoms with van der Waals surface area (Å²) in [7, 11) is 1.69. The molecule has 0 spiro atoms. The van der Waals surface area contributed by atoms with Gasteiger partial charge < -0.3 is 15.5 Å². The summed E-state index contributed by atoms with van der Waals surface area (Å²) >= 11 is 6.17. The summed E-state index contributed by atoms with van der Waals surface area (Å²) in [5.41, 5.74) is 3.32. The fourth-order valence-electron chi connectivity index (χ4n) is 3.09. The number of carbonyl (C=O) groups excluding carboxylic acids is 1. The van der Waals surface area contributed by atoms with Gasteiger partial charge in [-0.3, -0.25) is 9.79 Å². The standard InChI is InChI=1S/C20H23ClN4O.HI/c1-22-20(23-12-10-15-6-2-4-8-17(15)21)24-14-19(26)25-13-11-16-7-3-5-9-18(16)25;/h2-9H,10-14H2,1H3,(H2,22,23,24);1H. The minimum absolute atomic E-state index is 0. The Labute approximate surface area is 182 Å². The topological polar surface area (TPSA) is 56.7 Å². The maximum atomic E-state index is 12.5. The Morgan fingerprint density at radius 3 is 2.67 bits per heavy atom. The number of aliphatic imine (C=N–C) groups is 1. The highest BCUT2D eigenvalue weighted by atomic mass is 127. The third-order valence-corrected chi connectivity index (χ3v) is 4.83. The Kier molecular flexibility index (Phi) is 8.37. The number of rotatable bonds is 5. The molecule has 1 aliphatic rings. The van der Waals surface area contributed by atoms with E-state index in [0.29, 0.717) is 12.5 Å². The molecule has 1 heterocycles. The van der Waals surface area contributed by atoms with Gasteiger partial charge in [-0.1, -0.05) is 48.0 Å². The molecule has 144 valence electrons. The number of carbonyl (C=O) groups is 1. The zero-order valence-corrected chi connectivity index (χ0v) is 18.3. The van der Waals surface area contributed by atoms with Crippen LogP contribution in [0.1, 0.15) is 11.1 Å². The first kappa shape index (κ1) is 21.5. The smallest absolute Gasteiger partial charge is 0.246 e. The lowest BCUT2D eigenvalue weighted by molar-refractivity contribution is -0.117. The lowest BCUT2D eigenvalue weighted by atomic mass is 10.1. The zero-order valence-electron chi connectivity index (χ0n) is 15.2. The Morgan fingerprint density at radius 2 is 1.89 bits per heavy atom. The predicted octanol–water partition coefficient (Wildman–Crippen LogP) is 3.25. The van der Waals surface area contributed by atoms with Crippen molar-refractivity contribution < 1.29 is 4.79 Å². The van der Waals surface area contributed by atoms with Crippen LogP contribution in [-0.4, -0.2) is 38.5 Å². The predicted molar refractivity (Wildman–Crippen MR) is 122 cm³/mol. The van der Waals surface area contributed by atoms with Crippen LogP contribution in [0.5, 0.6) is 0 Å². The molecule has 0 saturated carbocycles. The van der Waals surface area contributed by atoms with Crippen molar-refractivity contribution in [3.05, 3.63) is 64.7 Å². The summed E-state index contributed by atoms with van der Waals surface area (Å²) in [5.74, 6) is 0.655. The van der Waals surface area contributed by atoms with E-state index < -0.39 is 0 Å². The monoisotopic (exact) mass is 498 g/mol. The summed E-state index contributed by atoms with van der Waals surface area (Å²) in [5, 5.41) is 7.08. The number of nitrogens with zero attached hydrogens (tertiary/aromatic N) is 2. The van der Waals surface area contributed by atoms with Gasteiger partial charge in [-0.2, -0.15) is 0 Å². The zero-order chi connectivity index (χ0) is 18.4. The normalized spacial score (nSPS) is 13.0. The van der Waals surface area contributed by atoms with Gasteiger partial charge in [-0.05, 0) is 36.1 Å². The molecule has 0 unspecified atom stereocenters. The first-order chi connectivity index (χ1) is 12.7. The van der Waals surface area contributed by atoms with Crippen molar-refractivity contribution in [1.82, 2.24) is 10.6 Å². The van der Waals surface area contributed by atoms with Crippen LogP contribution >= 0.6 is 35.6 Å². The second kappa shape index (κ2) is 10.5. The highest BCUT2D eigenvalue weighted by Crippen LogP contribution is 2.27. The average molecular weight is 499 g/mol. The van der Waals surface area contributed by atoms with Crippen molar-refractivity contribution in [3.8, 4) is 0 Å². The lowest BCUT2D eigenvalue weighted by Crippen LogP contribution is -2.44. The van der Waals surface area contributed by atoms with Gasteiger partial charge in [-0.15, -0.1) is 24.0 Å². The third-order valence-electron chi connectivity index (χ3n) is 4.46. The number of para-hydroxylation sites is 1. The summed E-state index contributed by atoms with van der Waals surface area (Å²) in [6, 6.07) is 15.8. The molecule has 0 bridgehead atoms. The molecular weight excluding hydrogens is 475 g/mol. The van der Waals surface area contributed by atoms with Gasteiger partial charge in [0, 0.05) is 30.8 Å². The van der Waals surface area contributed by atoms with Crippen LogP contribution in [0.25, 0.3) is 0 Å². The van der Waals surface area contributed by atoms with Crippen molar-refractivity contribution >= 4 is 53.1 Å². The van der Waals surface area contributed by atoms with Gasteiger partial charge in [0.1, 0.15) is 0 Å². The van der Waals surface area contributed by atoms with Gasteiger partial charge in [0.05, 0.1) is 6.54 Å². The van der Waals surface area contributed by atoms with Crippen molar-refractivity contribution in [1.29, 1.82) is 0 Å². The van der Waals surface area contributed by atoms with Gasteiger partial charge in [0.15, 0.2) is 5.96 Å². The summed E-state index contributed by atoms with van der Waals surface area (Å²) in [6.45, 7) is 1.63. The fourth-order valence-corrected chi connectivity index (χ4v) is 3.32. The molecule has 0 fully saturated rings. The SMILES string of the molecule is CN=C(NCCc1ccccc1Cl)NCC(=O)N1CCc2ccccc21.I. The van der Waals surface area contributed by atoms with Crippen LogP contribution < -0.4 is 15.5 Å². The number of hydrogen-bond donors (Lipinski definition) is 2. The van der Waals surface area contributed by atoms with E-state index in [-0.39, 0.29) is 36.4 Å². The molecule has 2 aromatic rings. The number of nitrogens with one attached hydrogen (secondary N) is 2. The summed E-state index contributed by atoms with van der Waals surface area (Å²) in [6.07, 6.45) is 1.69. The van der Waals surface area contributed by atoms with E-state index in [2.05, 4.69) is 21.7 Å². The van der Waals surface area contributed by atoms with Crippen LogP contribution in [0.15, 0.2) is 53.5 Å². The maximum Gasteiger partial charge on any atom is 0.246 e. The van der Waals surface area contributed by atoms with Crippen molar-refractivity contribution in [2.24, 2.45) is 4.99 Å². The van der Waals surface area contributed by atoms with Crippen LogP contribution in [0.4, 0.5) is 5.69 Å². The number of guanidine groups is 1. The lowest BCUT2D eigenvalue weighted by Gasteiger charge is -2.19. The molecule has 0 aromatic heterocycles. The number of amides is 1. The van der Waals surface area contributed by atoms with Gasteiger partial charge in [0.25, 0.3) is 0 Å². The third kappa shape index (κ3) is 5.59. The molecule has 1 amide bonds. The minimum atomic E-state index is 0. The Hall–Kier alpha value is -1.80. The van der Waals surface area contributed by atoms with Crippen molar-refractivity contribution in [3.63, 3.8) is 0 Å². The van der Waals surface area contributed by atoms with Gasteiger partial charge >= 0.3 is 0 Å². The highest BCUT2D eigenvalue weighted by molar-refractivity contribution is 14.0. The molecule has 7 heteroatoms.